The van der Waals surface area contributed by atoms with Gasteiger partial charge in [-0.05, 0) is 52.9 Å². The minimum Gasteiger partial charge on any atom is -0.480 e. The van der Waals surface area contributed by atoms with Crippen molar-refractivity contribution in [3.63, 3.8) is 0 Å². The highest BCUT2D eigenvalue weighted by atomic mass is 19.1. The van der Waals surface area contributed by atoms with E-state index in [0.29, 0.717) is 6.42 Å². The van der Waals surface area contributed by atoms with Gasteiger partial charge in [-0.1, -0.05) is 36.4 Å². The van der Waals surface area contributed by atoms with Crippen LogP contribution in [0.15, 0.2) is 73.1 Å². The molecule has 1 atom stereocenters. The fraction of sp³-hybridized carbons (Fsp3) is 0.174. The summed E-state index contributed by atoms with van der Waals surface area (Å²) in [6.07, 6.45) is 3.50. The molecule has 3 rings (SSSR count). The molecule has 0 aliphatic rings. The Balaban J connectivity index is 1.80. The summed E-state index contributed by atoms with van der Waals surface area (Å²) in [5.74, 6) is -1.78. The van der Waals surface area contributed by atoms with E-state index < -0.39 is 17.8 Å². The zero-order valence-electron chi connectivity index (χ0n) is 15.7. The molecule has 0 radical (unpaired) electrons. The predicted molar refractivity (Wildman–Crippen MR) is 108 cm³/mol. The van der Waals surface area contributed by atoms with Crippen LogP contribution < -0.4 is 5.32 Å². The van der Waals surface area contributed by atoms with Crippen molar-refractivity contribution in [3.8, 4) is 11.1 Å². The van der Waals surface area contributed by atoms with E-state index in [1.54, 1.807) is 24.5 Å². The molecule has 29 heavy (non-hydrogen) atoms. The summed E-state index contributed by atoms with van der Waals surface area (Å²) >= 11 is 0. The van der Waals surface area contributed by atoms with Crippen LogP contribution in [-0.2, 0) is 22.4 Å². The van der Waals surface area contributed by atoms with Crippen molar-refractivity contribution in [2.24, 2.45) is 0 Å². The number of Topliss-reactive ketones (excluding diaryl/α,β-unsaturated/α-hetero) is 1. The lowest BCUT2D eigenvalue weighted by atomic mass is 9.95. The van der Waals surface area contributed by atoms with Crippen molar-refractivity contribution in [1.82, 2.24) is 10.3 Å². The second kappa shape index (κ2) is 9.71. The van der Waals surface area contributed by atoms with Crippen LogP contribution in [-0.4, -0.2) is 34.4 Å². The summed E-state index contributed by atoms with van der Waals surface area (Å²) in [6.45, 7) is -0.344. The summed E-state index contributed by atoms with van der Waals surface area (Å²) in [5, 5.41) is 11.7. The molecule has 1 heterocycles. The van der Waals surface area contributed by atoms with E-state index in [4.69, 9.17) is 5.11 Å². The monoisotopic (exact) mass is 392 g/mol. The maximum absolute atomic E-state index is 14.4. The van der Waals surface area contributed by atoms with Gasteiger partial charge < -0.3 is 5.11 Å². The number of nitrogens with zero attached hydrogens (tertiary/aromatic N) is 1. The summed E-state index contributed by atoms with van der Waals surface area (Å²) in [5.41, 5.74) is 2.84. The molecule has 0 saturated carbocycles. The highest BCUT2D eigenvalue weighted by Gasteiger charge is 2.21. The standard InChI is InChI=1S/C23H21FN2O3/c24-20-7-6-18(17-8-10-25-11-9-17)13-19(20)14-22(27)21(26-15-23(28)29)12-16-4-2-1-3-5-16/h1-11,13,21,26H,12,14-15H2,(H,28,29)/t21-/m0/s1. The number of pyridine rings is 1. The molecule has 1 aromatic heterocycles. The SMILES string of the molecule is O=C(O)CN[C@@H](Cc1ccccc1)C(=O)Cc1cc(-c2ccncc2)ccc1F. The molecule has 3 aromatic rings. The molecule has 6 heteroatoms. The Bertz CT molecular complexity index is 978. The molecule has 0 bridgehead atoms. The number of nitrogens with one attached hydrogen (secondary N) is 1. The first-order chi connectivity index (χ1) is 14.0. The van der Waals surface area contributed by atoms with Gasteiger partial charge in [0.05, 0.1) is 12.6 Å². The van der Waals surface area contributed by atoms with Crippen molar-refractivity contribution in [2.45, 2.75) is 18.9 Å². The Kier molecular flexibility index (Phi) is 6.81. The third-order valence-electron chi connectivity index (χ3n) is 4.60. The first-order valence-electron chi connectivity index (χ1n) is 9.23. The summed E-state index contributed by atoms with van der Waals surface area (Å²) in [6, 6.07) is 16.9. The van der Waals surface area contributed by atoms with Crippen LogP contribution in [0.25, 0.3) is 11.1 Å². The zero-order chi connectivity index (χ0) is 20.6. The van der Waals surface area contributed by atoms with Gasteiger partial charge in [-0.25, -0.2) is 4.39 Å². The van der Waals surface area contributed by atoms with E-state index in [-0.39, 0.29) is 24.3 Å². The molecule has 0 saturated heterocycles. The predicted octanol–water partition coefficient (Wildman–Crippen LogP) is 3.28. The molecule has 148 valence electrons. The number of aliphatic carboxylic acids is 1. The van der Waals surface area contributed by atoms with E-state index in [1.807, 2.05) is 42.5 Å². The van der Waals surface area contributed by atoms with Crippen LogP contribution in [0.1, 0.15) is 11.1 Å². The summed E-state index contributed by atoms with van der Waals surface area (Å²) in [7, 11) is 0. The topological polar surface area (TPSA) is 79.3 Å². The highest BCUT2D eigenvalue weighted by molar-refractivity contribution is 5.87. The minimum atomic E-state index is -1.05. The quantitative estimate of drug-likeness (QED) is 0.584. The molecule has 5 nitrogen and oxygen atoms in total. The summed E-state index contributed by atoms with van der Waals surface area (Å²) in [4.78, 5) is 27.8. The Hall–Kier alpha value is -3.38. The molecule has 0 fully saturated rings. The fourth-order valence-electron chi connectivity index (χ4n) is 3.11. The van der Waals surface area contributed by atoms with E-state index in [1.165, 1.54) is 6.07 Å². The van der Waals surface area contributed by atoms with Crippen LogP contribution >= 0.6 is 0 Å². The molecule has 0 amide bonds. The van der Waals surface area contributed by atoms with Crippen molar-refractivity contribution < 1.29 is 19.1 Å². The van der Waals surface area contributed by atoms with Gasteiger partial charge in [-0.3, -0.25) is 19.9 Å². The second-order valence-corrected chi connectivity index (χ2v) is 6.70. The first kappa shape index (κ1) is 20.4. The van der Waals surface area contributed by atoms with E-state index >= 15 is 0 Å². The van der Waals surface area contributed by atoms with Crippen molar-refractivity contribution >= 4 is 11.8 Å². The number of benzene rings is 2. The van der Waals surface area contributed by atoms with E-state index in [0.717, 1.165) is 16.7 Å². The van der Waals surface area contributed by atoms with Crippen LogP contribution in [0.5, 0.6) is 0 Å². The molecule has 2 aromatic carbocycles. The number of halogens is 1. The second-order valence-electron chi connectivity index (χ2n) is 6.70. The third-order valence-corrected chi connectivity index (χ3v) is 4.60. The average Bonchev–Trinajstić information content (AvgIpc) is 2.74. The lowest BCUT2D eigenvalue weighted by molar-refractivity contribution is -0.136. The van der Waals surface area contributed by atoms with Crippen molar-refractivity contribution in [3.05, 3.63) is 90.0 Å². The number of ketones is 1. The molecular formula is C23H21FN2O3. The number of carboxylic acids is 1. The van der Waals surface area contributed by atoms with Crippen molar-refractivity contribution in [2.75, 3.05) is 6.54 Å². The zero-order valence-corrected chi connectivity index (χ0v) is 15.7. The molecule has 0 aliphatic carbocycles. The van der Waals surface area contributed by atoms with Gasteiger partial charge in [0.1, 0.15) is 5.82 Å². The number of carboxylic acid groups (broad SMARTS) is 1. The van der Waals surface area contributed by atoms with Gasteiger partial charge in [0.2, 0.25) is 0 Å². The number of hydrogen-bond acceptors (Lipinski definition) is 4. The minimum absolute atomic E-state index is 0.130. The van der Waals surface area contributed by atoms with Gasteiger partial charge in [0.15, 0.2) is 5.78 Å². The lowest BCUT2D eigenvalue weighted by Gasteiger charge is -2.17. The van der Waals surface area contributed by atoms with Crippen LogP contribution in [0, 0.1) is 5.82 Å². The summed E-state index contributed by atoms with van der Waals surface area (Å²) < 4.78 is 14.4. The first-order valence-corrected chi connectivity index (χ1v) is 9.23. The van der Waals surface area contributed by atoms with Gasteiger partial charge in [-0.2, -0.15) is 0 Å². The van der Waals surface area contributed by atoms with E-state index in [9.17, 15) is 14.0 Å². The smallest absolute Gasteiger partial charge is 0.317 e. The maximum atomic E-state index is 14.4. The Morgan fingerprint density at radius 2 is 1.72 bits per heavy atom. The molecule has 0 aliphatic heterocycles. The largest absolute Gasteiger partial charge is 0.480 e. The molecular weight excluding hydrogens is 371 g/mol. The Labute approximate surface area is 168 Å². The van der Waals surface area contributed by atoms with Gasteiger partial charge in [-0.15, -0.1) is 0 Å². The van der Waals surface area contributed by atoms with E-state index in [2.05, 4.69) is 10.3 Å². The molecule has 0 unspecified atom stereocenters. The Morgan fingerprint density at radius 1 is 1.00 bits per heavy atom. The van der Waals surface area contributed by atoms with Gasteiger partial charge in [0, 0.05) is 18.8 Å². The number of hydrogen-bond donors (Lipinski definition) is 2. The number of aromatic nitrogens is 1. The number of carbonyl (C=O) groups is 2. The van der Waals surface area contributed by atoms with Crippen LogP contribution in [0.4, 0.5) is 4.39 Å². The van der Waals surface area contributed by atoms with Crippen LogP contribution in [0.3, 0.4) is 0 Å². The normalized spacial score (nSPS) is 11.8. The van der Waals surface area contributed by atoms with Gasteiger partial charge in [0.25, 0.3) is 0 Å². The van der Waals surface area contributed by atoms with Crippen LogP contribution in [0.2, 0.25) is 0 Å². The molecule has 0 spiro atoms. The number of rotatable bonds is 9. The van der Waals surface area contributed by atoms with Crippen molar-refractivity contribution in [1.29, 1.82) is 0 Å². The lowest BCUT2D eigenvalue weighted by Crippen LogP contribution is -2.42. The third kappa shape index (κ3) is 5.80. The Morgan fingerprint density at radius 3 is 2.41 bits per heavy atom. The molecule has 2 N–H and O–H groups in total. The maximum Gasteiger partial charge on any atom is 0.317 e. The number of carbonyl (C=O) groups excluding carboxylic acids is 1. The van der Waals surface area contributed by atoms with Gasteiger partial charge >= 0.3 is 5.97 Å². The highest BCUT2D eigenvalue weighted by Crippen LogP contribution is 2.22. The fourth-order valence-corrected chi connectivity index (χ4v) is 3.11. The average molecular weight is 392 g/mol.